The number of non-ortho nitro benzene ring substituents is 1. The summed E-state index contributed by atoms with van der Waals surface area (Å²) in [4.78, 5) is 10.2. The van der Waals surface area contributed by atoms with Crippen LogP contribution in [0.4, 0.5) is 5.69 Å². The van der Waals surface area contributed by atoms with Crippen LogP contribution in [0.2, 0.25) is 5.02 Å². The Hall–Kier alpha value is -1.85. The van der Waals surface area contributed by atoms with E-state index in [9.17, 15) is 10.1 Å². The van der Waals surface area contributed by atoms with Crippen LogP contribution in [0.3, 0.4) is 0 Å². The van der Waals surface area contributed by atoms with Crippen LogP contribution in [0.1, 0.15) is 24.5 Å². The molecule has 0 bridgehead atoms. The molecule has 2 rings (SSSR count). The molecule has 6 heteroatoms. The van der Waals surface area contributed by atoms with Gasteiger partial charge in [0.25, 0.3) is 5.69 Å². The number of benzene rings is 1. The molecule has 1 heterocycles. The number of aromatic nitrogens is 1. The van der Waals surface area contributed by atoms with Crippen LogP contribution in [-0.2, 0) is 13.1 Å². The minimum absolute atomic E-state index is 0.0145. The van der Waals surface area contributed by atoms with Crippen LogP contribution in [0.5, 0.6) is 0 Å². The first-order valence-electron chi connectivity index (χ1n) is 6.88. The van der Waals surface area contributed by atoms with Crippen molar-refractivity contribution in [3.8, 4) is 0 Å². The quantitative estimate of drug-likeness (QED) is 0.483. The maximum absolute atomic E-state index is 10.7. The van der Waals surface area contributed by atoms with Gasteiger partial charge in [-0.05, 0) is 36.2 Å². The van der Waals surface area contributed by atoms with Gasteiger partial charge in [-0.15, -0.1) is 0 Å². The Labute approximate surface area is 128 Å². The summed E-state index contributed by atoms with van der Waals surface area (Å²) in [6.45, 7) is 4.58. The van der Waals surface area contributed by atoms with Gasteiger partial charge in [-0.25, -0.2) is 0 Å². The second-order valence-electron chi connectivity index (χ2n) is 4.90. The van der Waals surface area contributed by atoms with Crippen molar-refractivity contribution in [1.29, 1.82) is 0 Å². The summed E-state index contributed by atoms with van der Waals surface area (Å²) in [6.07, 6.45) is 5.15. The van der Waals surface area contributed by atoms with E-state index in [4.69, 9.17) is 11.6 Å². The highest BCUT2D eigenvalue weighted by Crippen LogP contribution is 2.23. The second kappa shape index (κ2) is 7.24. The Morgan fingerprint density at radius 2 is 2.19 bits per heavy atom. The third-order valence-corrected chi connectivity index (χ3v) is 3.52. The molecular weight excluding hydrogens is 290 g/mol. The Morgan fingerprint density at radius 1 is 1.38 bits per heavy atom. The van der Waals surface area contributed by atoms with Crippen molar-refractivity contribution < 1.29 is 4.92 Å². The molecule has 2 aromatic rings. The lowest BCUT2D eigenvalue weighted by Gasteiger charge is -2.06. The highest BCUT2D eigenvalue weighted by molar-refractivity contribution is 6.31. The molecule has 0 saturated carbocycles. The summed E-state index contributed by atoms with van der Waals surface area (Å²) in [7, 11) is 0. The van der Waals surface area contributed by atoms with Crippen molar-refractivity contribution in [1.82, 2.24) is 9.88 Å². The Kier molecular flexibility index (Phi) is 5.36. The molecule has 21 heavy (non-hydrogen) atoms. The molecule has 112 valence electrons. The summed E-state index contributed by atoms with van der Waals surface area (Å²) >= 11 is 6.10. The molecule has 0 spiro atoms. The number of rotatable bonds is 7. The van der Waals surface area contributed by atoms with Gasteiger partial charge < -0.3 is 9.88 Å². The average Bonchev–Trinajstić information content (AvgIpc) is 2.89. The van der Waals surface area contributed by atoms with E-state index in [0.717, 1.165) is 25.1 Å². The van der Waals surface area contributed by atoms with Crippen molar-refractivity contribution >= 4 is 17.3 Å². The maximum Gasteiger partial charge on any atom is 0.270 e. The maximum atomic E-state index is 10.7. The number of nitrogens with one attached hydrogen (secondary N) is 1. The number of nitrogens with zero attached hydrogens (tertiary/aromatic N) is 2. The topological polar surface area (TPSA) is 60.1 Å². The normalized spacial score (nSPS) is 10.8. The second-order valence-corrected chi connectivity index (χ2v) is 5.31. The van der Waals surface area contributed by atoms with Gasteiger partial charge in [0.05, 0.1) is 9.95 Å². The smallest absolute Gasteiger partial charge is 0.270 e. The third-order valence-electron chi connectivity index (χ3n) is 3.17. The Bertz CT molecular complexity index is 625. The number of hydrogen-bond donors (Lipinski definition) is 1. The van der Waals surface area contributed by atoms with Gasteiger partial charge >= 0.3 is 0 Å². The molecule has 1 N–H and O–H groups in total. The lowest BCUT2D eigenvalue weighted by atomic mass is 10.2. The zero-order valence-corrected chi connectivity index (χ0v) is 12.6. The van der Waals surface area contributed by atoms with Gasteiger partial charge in [-0.1, -0.05) is 18.5 Å². The molecule has 0 aliphatic rings. The molecule has 0 radical (unpaired) electrons. The first-order chi connectivity index (χ1) is 10.1. The molecule has 1 aromatic carbocycles. The zero-order valence-electron chi connectivity index (χ0n) is 11.9. The van der Waals surface area contributed by atoms with Crippen LogP contribution < -0.4 is 5.32 Å². The van der Waals surface area contributed by atoms with Crippen LogP contribution in [0.25, 0.3) is 0 Å². The fraction of sp³-hybridized carbons (Fsp3) is 0.333. The number of nitro groups is 1. The van der Waals surface area contributed by atoms with E-state index in [1.807, 2.05) is 10.8 Å². The van der Waals surface area contributed by atoms with Gasteiger partial charge in [0, 0.05) is 37.6 Å². The average molecular weight is 308 g/mol. The van der Waals surface area contributed by atoms with E-state index < -0.39 is 4.92 Å². The van der Waals surface area contributed by atoms with Crippen LogP contribution >= 0.6 is 11.6 Å². The van der Waals surface area contributed by atoms with E-state index in [1.54, 1.807) is 6.07 Å². The van der Waals surface area contributed by atoms with Gasteiger partial charge in [-0.2, -0.15) is 0 Å². The third kappa shape index (κ3) is 4.31. The minimum Gasteiger partial charge on any atom is -0.350 e. The predicted octanol–water partition coefficient (Wildman–Crippen LogP) is 3.60. The van der Waals surface area contributed by atoms with Gasteiger partial charge in [0.15, 0.2) is 0 Å². The summed E-state index contributed by atoms with van der Waals surface area (Å²) < 4.78 is 2.02. The highest BCUT2D eigenvalue weighted by atomic mass is 35.5. The van der Waals surface area contributed by atoms with Crippen molar-refractivity contribution in [3.63, 3.8) is 0 Å². The summed E-state index contributed by atoms with van der Waals surface area (Å²) in [5, 5.41) is 14.5. The monoisotopic (exact) mass is 307 g/mol. The fourth-order valence-corrected chi connectivity index (χ4v) is 2.31. The molecule has 0 aliphatic heterocycles. The van der Waals surface area contributed by atoms with E-state index in [2.05, 4.69) is 24.5 Å². The summed E-state index contributed by atoms with van der Waals surface area (Å²) in [5.74, 6) is 0. The Balaban J connectivity index is 2.03. The molecule has 0 fully saturated rings. The standard InChI is InChI=1S/C15H18ClN3O2/c1-2-6-17-9-12-5-7-18(10-12)11-13-3-4-14(19(20)21)8-15(13)16/h3-5,7-8,10,17H,2,6,9,11H2,1H3. The molecular formula is C15H18ClN3O2. The minimum atomic E-state index is -0.442. The van der Waals surface area contributed by atoms with E-state index in [-0.39, 0.29) is 5.69 Å². The van der Waals surface area contributed by atoms with E-state index >= 15 is 0 Å². The van der Waals surface area contributed by atoms with E-state index in [1.165, 1.54) is 17.7 Å². The molecule has 1 aromatic heterocycles. The van der Waals surface area contributed by atoms with Gasteiger partial charge in [-0.3, -0.25) is 10.1 Å². The van der Waals surface area contributed by atoms with Crippen molar-refractivity contribution in [2.24, 2.45) is 0 Å². The first-order valence-corrected chi connectivity index (χ1v) is 7.26. The highest BCUT2D eigenvalue weighted by Gasteiger charge is 2.09. The zero-order chi connectivity index (χ0) is 15.2. The van der Waals surface area contributed by atoms with Gasteiger partial charge in [0.1, 0.15) is 0 Å². The largest absolute Gasteiger partial charge is 0.350 e. The molecule has 5 nitrogen and oxygen atoms in total. The summed E-state index contributed by atoms with van der Waals surface area (Å²) in [6, 6.07) is 6.63. The molecule has 0 atom stereocenters. The first kappa shape index (κ1) is 15.5. The molecule has 0 aliphatic carbocycles. The van der Waals surface area contributed by atoms with Crippen LogP contribution in [0, 0.1) is 10.1 Å². The molecule has 0 saturated heterocycles. The van der Waals surface area contributed by atoms with Crippen molar-refractivity contribution in [2.75, 3.05) is 6.54 Å². The predicted molar refractivity (Wildman–Crippen MR) is 83.6 cm³/mol. The Morgan fingerprint density at radius 3 is 2.86 bits per heavy atom. The molecule has 0 unspecified atom stereocenters. The number of nitro benzene ring substituents is 1. The fourth-order valence-electron chi connectivity index (χ4n) is 2.08. The van der Waals surface area contributed by atoms with Crippen LogP contribution in [0.15, 0.2) is 36.7 Å². The number of hydrogen-bond acceptors (Lipinski definition) is 3. The lowest BCUT2D eigenvalue weighted by molar-refractivity contribution is -0.384. The SMILES string of the molecule is CCCNCc1ccn(Cc2ccc([N+](=O)[O-])cc2Cl)c1. The van der Waals surface area contributed by atoms with E-state index in [0.29, 0.717) is 11.6 Å². The number of halogens is 1. The summed E-state index contributed by atoms with van der Waals surface area (Å²) in [5.41, 5.74) is 2.09. The van der Waals surface area contributed by atoms with Crippen LogP contribution in [-0.4, -0.2) is 16.0 Å². The lowest BCUT2D eigenvalue weighted by Crippen LogP contribution is -2.13. The van der Waals surface area contributed by atoms with Crippen molar-refractivity contribution in [2.45, 2.75) is 26.4 Å². The molecule has 0 amide bonds. The van der Waals surface area contributed by atoms with Gasteiger partial charge in [0.2, 0.25) is 0 Å². The van der Waals surface area contributed by atoms with Crippen molar-refractivity contribution in [3.05, 3.63) is 62.9 Å².